The molecule has 1 aliphatic heterocycles. The first kappa shape index (κ1) is 17.7. The molecule has 0 spiro atoms. The molecular weight excluding hydrogens is 272 g/mol. The second-order valence-corrected chi connectivity index (χ2v) is 12.5. The summed E-state index contributed by atoms with van der Waals surface area (Å²) < 4.78 is 11.4. The third kappa shape index (κ3) is 3.26. The maximum Gasteiger partial charge on any atom is 0.316 e. The first-order valence-electron chi connectivity index (χ1n) is 7.45. The lowest BCUT2D eigenvalue weighted by atomic mass is 9.76. The van der Waals surface area contributed by atoms with Gasteiger partial charge in [0.25, 0.3) is 0 Å². The van der Waals surface area contributed by atoms with Crippen molar-refractivity contribution in [1.29, 1.82) is 0 Å². The Kier molecular flexibility index (Phi) is 5.10. The molecule has 0 radical (unpaired) electrons. The van der Waals surface area contributed by atoms with E-state index in [0.29, 0.717) is 6.61 Å². The molecule has 0 amide bonds. The molecule has 5 heteroatoms. The molecule has 3 atom stereocenters. The molecule has 0 unspecified atom stereocenters. The molecule has 1 rings (SSSR count). The lowest BCUT2D eigenvalue weighted by Crippen LogP contribution is -2.55. The second kappa shape index (κ2) is 5.77. The van der Waals surface area contributed by atoms with E-state index in [2.05, 4.69) is 33.9 Å². The molecule has 0 saturated carbocycles. The average molecular weight is 302 g/mol. The number of ether oxygens (including phenoxy) is 1. The molecular formula is C15H30O4Si. The van der Waals surface area contributed by atoms with Crippen LogP contribution in [0.1, 0.15) is 41.0 Å². The highest BCUT2D eigenvalue weighted by molar-refractivity contribution is 6.74. The molecule has 0 aromatic heterocycles. The van der Waals surface area contributed by atoms with Crippen LogP contribution < -0.4 is 0 Å². The minimum absolute atomic E-state index is 0.000663. The van der Waals surface area contributed by atoms with Crippen molar-refractivity contribution in [2.24, 2.45) is 11.3 Å². The van der Waals surface area contributed by atoms with Gasteiger partial charge >= 0.3 is 5.97 Å². The Bertz CT molecular complexity index is 361. The molecule has 1 aliphatic rings. The first-order valence-corrected chi connectivity index (χ1v) is 10.4. The van der Waals surface area contributed by atoms with Crippen molar-refractivity contribution in [1.82, 2.24) is 0 Å². The highest BCUT2D eigenvalue weighted by atomic mass is 28.4. The summed E-state index contributed by atoms with van der Waals surface area (Å²) in [6.07, 6.45) is 0.0999. The van der Waals surface area contributed by atoms with E-state index in [1.54, 1.807) is 6.92 Å². The summed E-state index contributed by atoms with van der Waals surface area (Å²) in [7, 11) is -1.95. The van der Waals surface area contributed by atoms with Crippen molar-refractivity contribution in [3.63, 3.8) is 0 Å². The van der Waals surface area contributed by atoms with Crippen LogP contribution in [-0.4, -0.2) is 38.7 Å². The largest absolute Gasteiger partial charge is 0.465 e. The van der Waals surface area contributed by atoms with Crippen molar-refractivity contribution in [2.45, 2.75) is 65.3 Å². The Morgan fingerprint density at radius 1 is 1.45 bits per heavy atom. The zero-order valence-electron chi connectivity index (χ0n) is 13.9. The fourth-order valence-corrected chi connectivity index (χ4v) is 3.21. The van der Waals surface area contributed by atoms with Gasteiger partial charge in [-0.15, -0.1) is 0 Å². The predicted molar refractivity (Wildman–Crippen MR) is 82.0 cm³/mol. The lowest BCUT2D eigenvalue weighted by Gasteiger charge is -2.44. The minimum Gasteiger partial charge on any atom is -0.465 e. The van der Waals surface area contributed by atoms with Crippen molar-refractivity contribution in [3.05, 3.63) is 0 Å². The topological polar surface area (TPSA) is 55.8 Å². The number of esters is 1. The van der Waals surface area contributed by atoms with Crippen molar-refractivity contribution in [3.8, 4) is 0 Å². The number of rotatable bonds is 4. The number of hydrogen-bond donors (Lipinski definition) is 1. The van der Waals surface area contributed by atoms with Gasteiger partial charge in [0.2, 0.25) is 0 Å². The van der Waals surface area contributed by atoms with Gasteiger partial charge in [0.1, 0.15) is 5.41 Å². The lowest BCUT2D eigenvalue weighted by molar-refractivity contribution is -0.186. The summed E-state index contributed by atoms with van der Waals surface area (Å²) in [4.78, 5) is 12.1. The van der Waals surface area contributed by atoms with E-state index in [1.807, 2.05) is 6.92 Å². The van der Waals surface area contributed by atoms with Crippen LogP contribution in [0.15, 0.2) is 0 Å². The standard InChI is InChI=1S/C15H30O4Si/c1-8-11-9-18-13(17)15(5,12(11)16)10-19-20(6,7)14(2,3)4/h11-12,16H,8-10H2,1-7H3/t11-,12+,15+/m0/s1. The summed E-state index contributed by atoms with van der Waals surface area (Å²) in [6, 6.07) is 0. The Morgan fingerprint density at radius 3 is 2.45 bits per heavy atom. The number of carbonyl (C=O) groups excluding carboxylic acids is 1. The van der Waals surface area contributed by atoms with Crippen LogP contribution >= 0.6 is 0 Å². The smallest absolute Gasteiger partial charge is 0.316 e. The molecule has 20 heavy (non-hydrogen) atoms. The number of cyclic esters (lactones) is 1. The second-order valence-electron chi connectivity index (χ2n) is 7.68. The predicted octanol–water partition coefficient (Wildman–Crippen LogP) is 2.96. The Morgan fingerprint density at radius 2 is 2.00 bits per heavy atom. The zero-order valence-corrected chi connectivity index (χ0v) is 14.9. The number of aliphatic hydroxyl groups excluding tert-OH is 1. The van der Waals surface area contributed by atoms with Crippen LogP contribution in [0, 0.1) is 11.3 Å². The monoisotopic (exact) mass is 302 g/mol. The van der Waals surface area contributed by atoms with Gasteiger partial charge in [-0.05, 0) is 31.5 Å². The van der Waals surface area contributed by atoms with E-state index in [9.17, 15) is 9.90 Å². The van der Waals surface area contributed by atoms with Gasteiger partial charge in [0, 0.05) is 5.92 Å². The Balaban J connectivity index is 2.85. The SMILES string of the molecule is CC[C@H]1COC(=O)[C@](C)(CO[Si](C)(C)C(C)(C)C)[C@@H]1O. The average Bonchev–Trinajstić information content (AvgIpc) is 2.33. The molecule has 1 N–H and O–H groups in total. The Hall–Kier alpha value is -0.393. The van der Waals surface area contributed by atoms with Crippen LogP contribution in [0.4, 0.5) is 0 Å². The fourth-order valence-electron chi connectivity index (χ4n) is 2.11. The molecule has 4 nitrogen and oxygen atoms in total. The van der Waals surface area contributed by atoms with Crippen LogP contribution in [0.5, 0.6) is 0 Å². The van der Waals surface area contributed by atoms with Crippen LogP contribution in [0.25, 0.3) is 0 Å². The van der Waals surface area contributed by atoms with Gasteiger partial charge in [0.05, 0.1) is 19.3 Å². The fraction of sp³-hybridized carbons (Fsp3) is 0.933. The van der Waals surface area contributed by atoms with Gasteiger partial charge < -0.3 is 14.3 Å². The molecule has 1 fully saturated rings. The van der Waals surface area contributed by atoms with Crippen LogP contribution in [-0.2, 0) is 14.0 Å². The Labute approximate surface area is 124 Å². The highest BCUT2D eigenvalue weighted by Gasteiger charge is 2.51. The van der Waals surface area contributed by atoms with Crippen LogP contribution in [0.2, 0.25) is 18.1 Å². The minimum atomic E-state index is -1.95. The highest BCUT2D eigenvalue weighted by Crippen LogP contribution is 2.40. The summed E-state index contributed by atoms with van der Waals surface area (Å²) in [5.41, 5.74) is -0.950. The van der Waals surface area contributed by atoms with E-state index in [0.717, 1.165) is 6.42 Å². The summed E-state index contributed by atoms with van der Waals surface area (Å²) in [5.74, 6) is -0.339. The first-order chi connectivity index (χ1) is 8.95. The molecule has 1 saturated heterocycles. The van der Waals surface area contributed by atoms with E-state index in [1.165, 1.54) is 0 Å². The van der Waals surface area contributed by atoms with Gasteiger partial charge in [-0.1, -0.05) is 27.7 Å². The quantitative estimate of drug-likeness (QED) is 0.641. The summed E-state index contributed by atoms with van der Waals surface area (Å²) in [5, 5.41) is 10.6. The van der Waals surface area contributed by atoms with E-state index in [4.69, 9.17) is 9.16 Å². The normalized spacial score (nSPS) is 32.1. The van der Waals surface area contributed by atoms with E-state index < -0.39 is 19.8 Å². The number of hydrogen-bond acceptors (Lipinski definition) is 4. The van der Waals surface area contributed by atoms with Crippen molar-refractivity contribution in [2.75, 3.05) is 13.2 Å². The molecule has 0 aromatic carbocycles. The third-order valence-corrected chi connectivity index (χ3v) is 9.54. The molecule has 0 aliphatic carbocycles. The summed E-state index contributed by atoms with van der Waals surface area (Å²) >= 11 is 0. The van der Waals surface area contributed by atoms with E-state index in [-0.39, 0.29) is 23.5 Å². The maximum atomic E-state index is 12.1. The van der Waals surface area contributed by atoms with Crippen molar-refractivity contribution >= 4 is 14.3 Å². The van der Waals surface area contributed by atoms with Gasteiger partial charge in [-0.2, -0.15) is 0 Å². The summed E-state index contributed by atoms with van der Waals surface area (Å²) in [6.45, 7) is 15.1. The molecule has 0 aromatic rings. The maximum absolute atomic E-state index is 12.1. The van der Waals surface area contributed by atoms with Gasteiger partial charge in [0.15, 0.2) is 8.32 Å². The zero-order chi connectivity index (χ0) is 15.8. The van der Waals surface area contributed by atoms with Gasteiger partial charge in [-0.3, -0.25) is 4.79 Å². The molecule has 0 bridgehead atoms. The number of aliphatic hydroxyl groups is 1. The number of carbonyl (C=O) groups is 1. The molecule has 1 heterocycles. The molecule has 118 valence electrons. The third-order valence-electron chi connectivity index (χ3n) is 5.06. The van der Waals surface area contributed by atoms with Gasteiger partial charge in [-0.25, -0.2) is 0 Å². The van der Waals surface area contributed by atoms with Crippen LogP contribution in [0.3, 0.4) is 0 Å². The van der Waals surface area contributed by atoms with E-state index >= 15 is 0 Å². The van der Waals surface area contributed by atoms with Crippen molar-refractivity contribution < 1.29 is 19.1 Å².